The Morgan fingerprint density at radius 3 is 3.04 bits per heavy atom. The van der Waals surface area contributed by atoms with E-state index in [1.807, 2.05) is 7.05 Å². The number of hydrogen-bond acceptors (Lipinski definition) is 8. The van der Waals surface area contributed by atoms with Gasteiger partial charge in [0.2, 0.25) is 10.0 Å². The molecule has 2 aromatic heterocycles. The second-order valence-corrected chi connectivity index (χ2v) is 7.35. The molecule has 0 saturated carbocycles. The van der Waals surface area contributed by atoms with E-state index in [1.165, 1.54) is 0 Å². The molecule has 0 spiro atoms. The number of furan rings is 1. The standard InChI is InChI=1S/C13H19N5O4S/c1-18-6-5-14-8-10(18)12-16-13(22-17-12)11-4-3-9(21-11)7-15-23(2,19)20/h3-4,10,14-15H,5-8H2,1-2H3. The molecule has 0 bridgehead atoms. The summed E-state index contributed by atoms with van der Waals surface area (Å²) in [6.45, 7) is 2.69. The van der Waals surface area contributed by atoms with E-state index in [2.05, 4.69) is 25.1 Å². The van der Waals surface area contributed by atoms with Gasteiger partial charge in [-0.1, -0.05) is 5.16 Å². The van der Waals surface area contributed by atoms with Crippen molar-refractivity contribution in [3.8, 4) is 11.7 Å². The lowest BCUT2D eigenvalue weighted by atomic mass is 10.2. The normalized spacial score (nSPS) is 20.0. The van der Waals surface area contributed by atoms with Crippen molar-refractivity contribution < 1.29 is 17.4 Å². The van der Waals surface area contributed by atoms with Gasteiger partial charge in [0.15, 0.2) is 11.6 Å². The largest absolute Gasteiger partial charge is 0.455 e. The molecule has 0 amide bonds. The molecule has 2 N–H and O–H groups in total. The molecular weight excluding hydrogens is 322 g/mol. The molecular formula is C13H19N5O4S. The molecule has 2 aromatic rings. The molecule has 1 unspecified atom stereocenters. The van der Waals surface area contributed by atoms with E-state index < -0.39 is 10.0 Å². The number of nitrogens with zero attached hydrogens (tertiary/aromatic N) is 3. The first-order valence-corrected chi connectivity index (χ1v) is 9.10. The number of rotatable bonds is 5. The molecule has 1 saturated heterocycles. The second kappa shape index (κ2) is 6.40. The minimum atomic E-state index is -3.27. The van der Waals surface area contributed by atoms with E-state index in [9.17, 15) is 8.42 Å². The first-order chi connectivity index (χ1) is 10.9. The van der Waals surface area contributed by atoms with Crippen LogP contribution in [0.25, 0.3) is 11.7 Å². The summed E-state index contributed by atoms with van der Waals surface area (Å²) >= 11 is 0. The van der Waals surface area contributed by atoms with Gasteiger partial charge in [-0.15, -0.1) is 0 Å². The lowest BCUT2D eigenvalue weighted by Gasteiger charge is -2.30. The monoisotopic (exact) mass is 341 g/mol. The number of sulfonamides is 1. The molecule has 9 nitrogen and oxygen atoms in total. The summed E-state index contributed by atoms with van der Waals surface area (Å²) in [6.07, 6.45) is 1.09. The van der Waals surface area contributed by atoms with Crippen LogP contribution < -0.4 is 10.0 Å². The predicted octanol–water partition coefficient (Wildman–Crippen LogP) is -0.0451. The maximum absolute atomic E-state index is 11.1. The molecule has 1 atom stereocenters. The quantitative estimate of drug-likeness (QED) is 0.778. The van der Waals surface area contributed by atoms with Crippen LogP contribution in [0.5, 0.6) is 0 Å². The maximum Gasteiger partial charge on any atom is 0.293 e. The summed E-state index contributed by atoms with van der Waals surface area (Å²) in [4.78, 5) is 6.55. The van der Waals surface area contributed by atoms with Crippen molar-refractivity contribution >= 4 is 10.0 Å². The molecule has 0 radical (unpaired) electrons. The lowest BCUT2D eigenvalue weighted by Crippen LogP contribution is -2.44. The summed E-state index contributed by atoms with van der Waals surface area (Å²) in [6, 6.07) is 3.41. The number of likely N-dealkylation sites (N-methyl/N-ethyl adjacent to an activating group) is 1. The van der Waals surface area contributed by atoms with E-state index in [4.69, 9.17) is 8.94 Å². The zero-order valence-electron chi connectivity index (χ0n) is 12.9. The number of piperazine rings is 1. The Bertz CT molecular complexity index is 769. The average Bonchev–Trinajstić information content (AvgIpc) is 3.14. The summed E-state index contributed by atoms with van der Waals surface area (Å²) in [5.74, 6) is 1.77. The van der Waals surface area contributed by atoms with Crippen LogP contribution in [0, 0.1) is 0 Å². The fraction of sp³-hybridized carbons (Fsp3) is 0.538. The highest BCUT2D eigenvalue weighted by Gasteiger charge is 2.26. The molecule has 23 heavy (non-hydrogen) atoms. The van der Waals surface area contributed by atoms with Crippen molar-refractivity contribution in [2.75, 3.05) is 32.9 Å². The van der Waals surface area contributed by atoms with E-state index in [-0.39, 0.29) is 18.5 Å². The number of aromatic nitrogens is 2. The maximum atomic E-state index is 11.1. The van der Waals surface area contributed by atoms with E-state index in [0.717, 1.165) is 25.9 Å². The average molecular weight is 341 g/mol. The molecule has 0 aromatic carbocycles. The van der Waals surface area contributed by atoms with Gasteiger partial charge in [0.05, 0.1) is 18.8 Å². The Morgan fingerprint density at radius 1 is 1.48 bits per heavy atom. The molecule has 3 heterocycles. The number of hydrogen-bond donors (Lipinski definition) is 2. The van der Waals surface area contributed by atoms with Crippen molar-refractivity contribution in [1.29, 1.82) is 0 Å². The minimum absolute atomic E-state index is 0.0579. The van der Waals surface area contributed by atoms with Gasteiger partial charge in [-0.25, -0.2) is 13.1 Å². The molecule has 1 aliphatic heterocycles. The Balaban J connectivity index is 1.72. The Hall–Kier alpha value is -1.75. The molecule has 10 heteroatoms. The third-order valence-corrected chi connectivity index (χ3v) is 4.30. The van der Waals surface area contributed by atoms with E-state index in [1.54, 1.807) is 12.1 Å². The van der Waals surface area contributed by atoms with Crippen LogP contribution in [-0.2, 0) is 16.6 Å². The Labute approximate surface area is 134 Å². The third kappa shape index (κ3) is 3.96. The SMILES string of the molecule is CN1CCNCC1c1noc(-c2ccc(CNS(C)(=O)=O)o2)n1. The summed E-state index contributed by atoms with van der Waals surface area (Å²) < 4.78 is 35.3. The molecule has 1 fully saturated rings. The van der Waals surface area contributed by atoms with E-state index in [0.29, 0.717) is 17.3 Å². The van der Waals surface area contributed by atoms with Crippen molar-refractivity contribution in [2.45, 2.75) is 12.6 Å². The molecule has 126 valence electrons. The van der Waals surface area contributed by atoms with Crippen molar-refractivity contribution in [2.24, 2.45) is 0 Å². The minimum Gasteiger partial charge on any atom is -0.455 e. The van der Waals surface area contributed by atoms with Crippen molar-refractivity contribution in [1.82, 2.24) is 25.1 Å². The van der Waals surface area contributed by atoms with Crippen LogP contribution in [0.15, 0.2) is 21.1 Å². The topological polar surface area (TPSA) is 114 Å². The number of nitrogens with one attached hydrogen (secondary N) is 2. The van der Waals surface area contributed by atoms with Crippen LogP contribution in [-0.4, -0.2) is 56.4 Å². The smallest absolute Gasteiger partial charge is 0.293 e. The fourth-order valence-electron chi connectivity index (χ4n) is 2.35. The van der Waals surface area contributed by atoms with Crippen LogP contribution in [0.3, 0.4) is 0 Å². The zero-order chi connectivity index (χ0) is 16.4. The summed E-state index contributed by atoms with van der Waals surface area (Å²) in [5, 5.41) is 7.32. The van der Waals surface area contributed by atoms with Crippen LogP contribution in [0.4, 0.5) is 0 Å². The van der Waals surface area contributed by atoms with Gasteiger partial charge in [0, 0.05) is 19.6 Å². The van der Waals surface area contributed by atoms with Crippen molar-refractivity contribution in [3.05, 3.63) is 23.7 Å². The summed E-state index contributed by atoms with van der Waals surface area (Å²) in [7, 11) is -1.25. The van der Waals surface area contributed by atoms with Crippen LogP contribution in [0.2, 0.25) is 0 Å². The molecule has 0 aliphatic carbocycles. The van der Waals surface area contributed by atoms with Gasteiger partial charge < -0.3 is 14.3 Å². The van der Waals surface area contributed by atoms with Gasteiger partial charge in [-0.3, -0.25) is 4.90 Å². The second-order valence-electron chi connectivity index (χ2n) is 5.52. The van der Waals surface area contributed by atoms with Gasteiger partial charge in [-0.2, -0.15) is 4.98 Å². The zero-order valence-corrected chi connectivity index (χ0v) is 13.8. The fourth-order valence-corrected chi connectivity index (χ4v) is 2.76. The molecule has 3 rings (SSSR count). The van der Waals surface area contributed by atoms with Gasteiger partial charge in [0.25, 0.3) is 5.89 Å². The highest BCUT2D eigenvalue weighted by molar-refractivity contribution is 7.88. The van der Waals surface area contributed by atoms with Gasteiger partial charge in [-0.05, 0) is 19.2 Å². The van der Waals surface area contributed by atoms with Crippen molar-refractivity contribution in [3.63, 3.8) is 0 Å². The highest BCUT2D eigenvalue weighted by Crippen LogP contribution is 2.24. The molecule has 1 aliphatic rings. The van der Waals surface area contributed by atoms with Crippen LogP contribution in [0.1, 0.15) is 17.6 Å². The lowest BCUT2D eigenvalue weighted by molar-refractivity contribution is 0.190. The first kappa shape index (κ1) is 16.1. The Kier molecular flexibility index (Phi) is 4.48. The highest BCUT2D eigenvalue weighted by atomic mass is 32.2. The predicted molar refractivity (Wildman–Crippen MR) is 81.9 cm³/mol. The third-order valence-electron chi connectivity index (χ3n) is 3.63. The first-order valence-electron chi connectivity index (χ1n) is 7.20. The van der Waals surface area contributed by atoms with Crippen LogP contribution >= 0.6 is 0 Å². The Morgan fingerprint density at radius 2 is 2.30 bits per heavy atom. The summed E-state index contributed by atoms with van der Waals surface area (Å²) in [5.41, 5.74) is 0. The van der Waals surface area contributed by atoms with E-state index >= 15 is 0 Å². The van der Waals surface area contributed by atoms with Gasteiger partial charge in [0.1, 0.15) is 5.76 Å². The van der Waals surface area contributed by atoms with Gasteiger partial charge >= 0.3 is 0 Å².